The molecule has 1 saturated heterocycles. The SMILES string of the molecule is CCCNC(=O)C1CCCN(c2noc(-c3ccccc3)n2)C1. The minimum Gasteiger partial charge on any atom is -0.356 e. The third kappa shape index (κ3) is 3.70. The van der Waals surface area contributed by atoms with Gasteiger partial charge >= 0.3 is 0 Å². The molecule has 1 aliphatic rings. The van der Waals surface area contributed by atoms with E-state index >= 15 is 0 Å². The molecule has 1 aliphatic heterocycles. The Hall–Kier alpha value is -2.37. The predicted molar refractivity (Wildman–Crippen MR) is 88.0 cm³/mol. The Morgan fingerprint density at radius 1 is 1.39 bits per heavy atom. The number of aromatic nitrogens is 2. The Morgan fingerprint density at radius 2 is 2.22 bits per heavy atom. The summed E-state index contributed by atoms with van der Waals surface area (Å²) in [5.74, 6) is 1.20. The molecule has 3 rings (SSSR count). The van der Waals surface area contributed by atoms with Crippen LogP contribution in [0.15, 0.2) is 34.9 Å². The molecule has 0 saturated carbocycles. The summed E-state index contributed by atoms with van der Waals surface area (Å²) in [6.45, 7) is 4.28. The minimum absolute atomic E-state index is 0.00558. The normalized spacial score (nSPS) is 18.0. The maximum atomic E-state index is 12.2. The van der Waals surface area contributed by atoms with Crippen LogP contribution in [-0.4, -0.2) is 35.7 Å². The van der Waals surface area contributed by atoms with Crippen LogP contribution in [0, 0.1) is 5.92 Å². The van der Waals surface area contributed by atoms with Crippen LogP contribution < -0.4 is 10.2 Å². The molecule has 1 atom stereocenters. The first kappa shape index (κ1) is 15.5. The number of carbonyl (C=O) groups is 1. The lowest BCUT2D eigenvalue weighted by atomic mass is 9.97. The van der Waals surface area contributed by atoms with Crippen LogP contribution in [-0.2, 0) is 4.79 Å². The number of amides is 1. The number of hydrogen-bond donors (Lipinski definition) is 1. The van der Waals surface area contributed by atoms with Gasteiger partial charge in [0.25, 0.3) is 11.8 Å². The van der Waals surface area contributed by atoms with Gasteiger partial charge in [-0.3, -0.25) is 4.79 Å². The highest BCUT2D eigenvalue weighted by Crippen LogP contribution is 2.24. The zero-order chi connectivity index (χ0) is 16.1. The van der Waals surface area contributed by atoms with Crippen molar-refractivity contribution in [1.29, 1.82) is 0 Å². The van der Waals surface area contributed by atoms with E-state index in [9.17, 15) is 4.79 Å². The summed E-state index contributed by atoms with van der Waals surface area (Å²) in [7, 11) is 0. The number of hydrogen-bond acceptors (Lipinski definition) is 5. The van der Waals surface area contributed by atoms with Crippen LogP contribution in [0.25, 0.3) is 11.5 Å². The molecule has 0 radical (unpaired) electrons. The number of benzene rings is 1. The Labute approximate surface area is 135 Å². The van der Waals surface area contributed by atoms with Gasteiger partial charge < -0.3 is 14.7 Å². The zero-order valence-electron chi connectivity index (χ0n) is 13.4. The first-order valence-corrected chi connectivity index (χ1v) is 8.19. The van der Waals surface area contributed by atoms with Gasteiger partial charge in [0, 0.05) is 25.2 Å². The van der Waals surface area contributed by atoms with Crippen molar-refractivity contribution >= 4 is 11.9 Å². The van der Waals surface area contributed by atoms with Crippen molar-refractivity contribution in [2.75, 3.05) is 24.5 Å². The van der Waals surface area contributed by atoms with Crippen molar-refractivity contribution in [2.45, 2.75) is 26.2 Å². The molecule has 23 heavy (non-hydrogen) atoms. The second kappa shape index (κ2) is 7.26. The molecule has 1 unspecified atom stereocenters. The number of piperidine rings is 1. The molecule has 2 heterocycles. The number of nitrogens with one attached hydrogen (secondary N) is 1. The van der Waals surface area contributed by atoms with Crippen molar-refractivity contribution < 1.29 is 9.32 Å². The molecule has 1 aromatic heterocycles. The van der Waals surface area contributed by atoms with E-state index in [4.69, 9.17) is 4.52 Å². The monoisotopic (exact) mass is 314 g/mol. The van der Waals surface area contributed by atoms with E-state index in [2.05, 4.69) is 22.4 Å². The first-order chi connectivity index (χ1) is 11.3. The number of carbonyl (C=O) groups excluding carboxylic acids is 1. The number of nitrogens with zero attached hydrogens (tertiary/aromatic N) is 3. The Morgan fingerprint density at radius 3 is 3.00 bits per heavy atom. The fourth-order valence-corrected chi connectivity index (χ4v) is 2.81. The first-order valence-electron chi connectivity index (χ1n) is 8.19. The average Bonchev–Trinajstić information content (AvgIpc) is 3.11. The third-order valence-corrected chi connectivity index (χ3v) is 4.06. The predicted octanol–water partition coefficient (Wildman–Crippen LogP) is 2.48. The van der Waals surface area contributed by atoms with Crippen molar-refractivity contribution in [1.82, 2.24) is 15.5 Å². The number of rotatable bonds is 5. The van der Waals surface area contributed by atoms with E-state index in [1.807, 2.05) is 35.2 Å². The average molecular weight is 314 g/mol. The molecule has 6 heteroatoms. The van der Waals surface area contributed by atoms with E-state index in [0.29, 0.717) is 18.4 Å². The molecule has 1 N–H and O–H groups in total. The molecule has 0 aliphatic carbocycles. The molecule has 122 valence electrons. The fraction of sp³-hybridized carbons (Fsp3) is 0.471. The smallest absolute Gasteiger partial charge is 0.266 e. The van der Waals surface area contributed by atoms with E-state index < -0.39 is 0 Å². The molecular formula is C17H22N4O2. The maximum absolute atomic E-state index is 12.2. The Kier molecular flexibility index (Phi) is 4.90. The highest BCUT2D eigenvalue weighted by Gasteiger charge is 2.28. The van der Waals surface area contributed by atoms with Crippen molar-refractivity contribution in [2.24, 2.45) is 5.92 Å². The van der Waals surface area contributed by atoms with Gasteiger partial charge in [0.1, 0.15) is 0 Å². The van der Waals surface area contributed by atoms with Gasteiger partial charge in [-0.2, -0.15) is 4.98 Å². The third-order valence-electron chi connectivity index (χ3n) is 4.06. The van der Waals surface area contributed by atoms with Gasteiger partial charge in [0.2, 0.25) is 5.91 Å². The maximum Gasteiger partial charge on any atom is 0.266 e. The van der Waals surface area contributed by atoms with E-state index in [0.717, 1.165) is 37.9 Å². The largest absolute Gasteiger partial charge is 0.356 e. The second-order valence-corrected chi connectivity index (χ2v) is 5.84. The Balaban J connectivity index is 1.67. The molecule has 0 bridgehead atoms. The van der Waals surface area contributed by atoms with Crippen molar-refractivity contribution in [3.05, 3.63) is 30.3 Å². The van der Waals surface area contributed by atoms with Crippen LogP contribution in [0.5, 0.6) is 0 Å². The lowest BCUT2D eigenvalue weighted by molar-refractivity contribution is -0.125. The van der Waals surface area contributed by atoms with E-state index in [1.165, 1.54) is 0 Å². The van der Waals surface area contributed by atoms with Gasteiger partial charge in [-0.05, 0) is 36.6 Å². The molecule has 0 spiro atoms. The summed E-state index contributed by atoms with van der Waals surface area (Å²) < 4.78 is 5.36. The highest BCUT2D eigenvalue weighted by molar-refractivity contribution is 5.79. The van der Waals surface area contributed by atoms with Crippen LogP contribution in [0.1, 0.15) is 26.2 Å². The molecule has 6 nitrogen and oxygen atoms in total. The van der Waals surface area contributed by atoms with Gasteiger partial charge in [-0.25, -0.2) is 0 Å². The summed E-state index contributed by atoms with van der Waals surface area (Å²) in [6.07, 6.45) is 2.82. The van der Waals surface area contributed by atoms with Gasteiger partial charge in [0.15, 0.2) is 0 Å². The van der Waals surface area contributed by atoms with Crippen LogP contribution in [0.4, 0.5) is 5.95 Å². The Bertz CT molecular complexity index is 641. The summed E-state index contributed by atoms with van der Waals surface area (Å²) in [5.41, 5.74) is 0.903. The molecule has 1 fully saturated rings. The summed E-state index contributed by atoms with van der Waals surface area (Å²) in [6, 6.07) is 9.70. The fourth-order valence-electron chi connectivity index (χ4n) is 2.81. The van der Waals surface area contributed by atoms with Crippen LogP contribution in [0.2, 0.25) is 0 Å². The summed E-state index contributed by atoms with van der Waals surface area (Å²) in [4.78, 5) is 18.7. The highest BCUT2D eigenvalue weighted by atomic mass is 16.5. The lowest BCUT2D eigenvalue weighted by Gasteiger charge is -2.30. The molecular weight excluding hydrogens is 292 g/mol. The topological polar surface area (TPSA) is 71.3 Å². The molecule has 1 amide bonds. The molecule has 1 aromatic carbocycles. The second-order valence-electron chi connectivity index (χ2n) is 5.84. The van der Waals surface area contributed by atoms with Crippen molar-refractivity contribution in [3.8, 4) is 11.5 Å². The zero-order valence-corrected chi connectivity index (χ0v) is 13.4. The van der Waals surface area contributed by atoms with Crippen LogP contribution in [0.3, 0.4) is 0 Å². The minimum atomic E-state index is -0.00558. The lowest BCUT2D eigenvalue weighted by Crippen LogP contribution is -2.43. The van der Waals surface area contributed by atoms with E-state index in [1.54, 1.807) is 0 Å². The van der Waals surface area contributed by atoms with E-state index in [-0.39, 0.29) is 11.8 Å². The standard InChI is InChI=1S/C17H22N4O2/c1-2-10-18-15(22)14-9-6-11-21(12-14)17-19-16(23-20-17)13-7-4-3-5-8-13/h3-5,7-8,14H,2,6,9-12H2,1H3,(H,18,22). The van der Waals surface area contributed by atoms with Crippen molar-refractivity contribution in [3.63, 3.8) is 0 Å². The van der Waals surface area contributed by atoms with Gasteiger partial charge in [-0.15, -0.1) is 0 Å². The van der Waals surface area contributed by atoms with Gasteiger partial charge in [0.05, 0.1) is 5.92 Å². The van der Waals surface area contributed by atoms with Gasteiger partial charge in [-0.1, -0.05) is 25.1 Å². The number of anilines is 1. The quantitative estimate of drug-likeness (QED) is 0.918. The molecule has 2 aromatic rings. The van der Waals surface area contributed by atoms with Crippen LogP contribution >= 0.6 is 0 Å². The summed E-state index contributed by atoms with van der Waals surface area (Å²) >= 11 is 0. The summed E-state index contributed by atoms with van der Waals surface area (Å²) in [5, 5.41) is 7.06.